The molecule has 0 aliphatic heterocycles. The Labute approximate surface area is 111 Å². The van der Waals surface area contributed by atoms with Gasteiger partial charge in [-0.15, -0.1) is 0 Å². The summed E-state index contributed by atoms with van der Waals surface area (Å²) in [5.41, 5.74) is 3.08. The molecule has 0 bridgehead atoms. The normalized spacial score (nSPS) is 11.1. The number of aromatic nitrogens is 3. The van der Waals surface area contributed by atoms with Crippen LogP contribution in [0.3, 0.4) is 0 Å². The minimum atomic E-state index is -0.302. The lowest BCUT2D eigenvalue weighted by molar-refractivity contribution is 0.627. The summed E-state index contributed by atoms with van der Waals surface area (Å²) >= 11 is 3.27. The molecule has 90 valence electrons. The van der Waals surface area contributed by atoms with Gasteiger partial charge in [-0.25, -0.2) is 14.4 Å². The lowest BCUT2D eigenvalue weighted by Gasteiger charge is -1.98. The average molecular weight is 306 g/mol. The van der Waals surface area contributed by atoms with Crippen LogP contribution < -0.4 is 0 Å². The summed E-state index contributed by atoms with van der Waals surface area (Å²) in [6, 6.07) is 8.49. The number of aromatic amines is 1. The highest BCUT2D eigenvalue weighted by Crippen LogP contribution is 2.24. The first-order valence-corrected chi connectivity index (χ1v) is 6.21. The number of nitrogens with one attached hydrogen (secondary N) is 1. The predicted octanol–water partition coefficient (Wildman–Crippen LogP) is 3.83. The topological polar surface area (TPSA) is 41.6 Å². The molecule has 2 heterocycles. The number of benzene rings is 1. The Hall–Kier alpha value is -1.75. The van der Waals surface area contributed by atoms with E-state index in [0.717, 1.165) is 11.2 Å². The molecule has 2 aromatic heterocycles. The maximum Gasteiger partial charge on any atom is 0.178 e. The smallest absolute Gasteiger partial charge is 0.178 e. The number of rotatable bonds is 1. The molecule has 3 rings (SSSR count). The Morgan fingerprint density at radius 1 is 1.17 bits per heavy atom. The van der Waals surface area contributed by atoms with Crippen molar-refractivity contribution in [2.45, 2.75) is 6.92 Å². The lowest BCUT2D eigenvalue weighted by atomic mass is 10.2. The maximum absolute atomic E-state index is 13.3. The number of hydrogen-bond donors (Lipinski definition) is 1. The second kappa shape index (κ2) is 4.17. The van der Waals surface area contributed by atoms with Gasteiger partial charge in [0.25, 0.3) is 0 Å². The van der Waals surface area contributed by atoms with E-state index in [1.807, 2.05) is 25.1 Å². The number of hydrogen-bond acceptors (Lipinski definition) is 2. The zero-order valence-corrected chi connectivity index (χ0v) is 11.1. The van der Waals surface area contributed by atoms with Crippen molar-refractivity contribution >= 4 is 27.1 Å². The maximum atomic E-state index is 13.3. The molecule has 0 saturated carbocycles. The molecule has 0 aliphatic carbocycles. The number of aryl methyl sites for hydroxylation is 1. The molecular formula is C13H9BrFN3. The molecule has 3 nitrogen and oxygen atoms in total. The number of pyridine rings is 1. The molecule has 1 N–H and O–H groups in total. The Bertz CT molecular complexity index is 716. The van der Waals surface area contributed by atoms with Crippen molar-refractivity contribution in [3.63, 3.8) is 0 Å². The van der Waals surface area contributed by atoms with E-state index in [9.17, 15) is 4.39 Å². The zero-order valence-electron chi connectivity index (χ0n) is 9.54. The molecule has 5 heteroatoms. The van der Waals surface area contributed by atoms with Crippen molar-refractivity contribution in [3.05, 3.63) is 46.3 Å². The fraction of sp³-hybridized carbons (Fsp3) is 0.0769. The average Bonchev–Trinajstić information content (AvgIpc) is 2.70. The third-order valence-corrected chi connectivity index (χ3v) is 3.08. The third kappa shape index (κ3) is 2.01. The summed E-state index contributed by atoms with van der Waals surface area (Å²) in [4.78, 5) is 11.8. The van der Waals surface area contributed by atoms with Crippen LogP contribution in [0, 0.1) is 12.7 Å². The van der Waals surface area contributed by atoms with Crippen LogP contribution in [0.15, 0.2) is 34.8 Å². The van der Waals surface area contributed by atoms with Crippen molar-refractivity contribution in [2.24, 2.45) is 0 Å². The van der Waals surface area contributed by atoms with Gasteiger partial charge in [0.05, 0.1) is 5.52 Å². The van der Waals surface area contributed by atoms with Gasteiger partial charge in [0.2, 0.25) is 0 Å². The van der Waals surface area contributed by atoms with Crippen molar-refractivity contribution in [3.8, 4) is 11.4 Å². The van der Waals surface area contributed by atoms with Gasteiger partial charge in [0.15, 0.2) is 5.65 Å². The first kappa shape index (κ1) is 11.3. The van der Waals surface area contributed by atoms with Crippen molar-refractivity contribution in [1.29, 1.82) is 0 Å². The van der Waals surface area contributed by atoms with Crippen LogP contribution in [0.1, 0.15) is 5.69 Å². The molecule has 18 heavy (non-hydrogen) atoms. The van der Waals surface area contributed by atoms with E-state index in [1.54, 1.807) is 0 Å². The first-order chi connectivity index (χ1) is 8.61. The minimum Gasteiger partial charge on any atom is -0.337 e. The van der Waals surface area contributed by atoms with E-state index in [0.29, 0.717) is 21.5 Å². The standard InChI is InChI=1S/C13H9BrFN3/c1-7-2-3-11-13(16-7)18-12(17-11)8-4-9(14)6-10(15)5-8/h2-6H,1H3,(H,16,17,18). The fourth-order valence-electron chi connectivity index (χ4n) is 1.81. The summed E-state index contributed by atoms with van der Waals surface area (Å²) < 4.78 is 14.0. The van der Waals surface area contributed by atoms with E-state index in [-0.39, 0.29) is 5.82 Å². The van der Waals surface area contributed by atoms with Gasteiger partial charge in [-0.3, -0.25) is 0 Å². The molecule has 0 fully saturated rings. The molecule has 3 aromatic rings. The zero-order chi connectivity index (χ0) is 12.7. The van der Waals surface area contributed by atoms with E-state index in [1.165, 1.54) is 12.1 Å². The highest BCUT2D eigenvalue weighted by Gasteiger charge is 2.08. The molecule has 0 spiro atoms. The number of imidazole rings is 1. The van der Waals surface area contributed by atoms with E-state index < -0.39 is 0 Å². The molecule has 0 saturated heterocycles. The van der Waals surface area contributed by atoms with Gasteiger partial charge in [0.1, 0.15) is 11.6 Å². The van der Waals surface area contributed by atoms with E-state index in [2.05, 4.69) is 30.9 Å². The minimum absolute atomic E-state index is 0.302. The van der Waals surface area contributed by atoms with Crippen molar-refractivity contribution in [1.82, 2.24) is 15.0 Å². The SMILES string of the molecule is Cc1ccc2[nH]c(-c3cc(F)cc(Br)c3)nc2n1. The molecule has 0 amide bonds. The second-order valence-electron chi connectivity index (χ2n) is 4.07. The molecule has 0 aliphatic rings. The van der Waals surface area contributed by atoms with Crippen molar-refractivity contribution < 1.29 is 4.39 Å². The van der Waals surface area contributed by atoms with Crippen LogP contribution in [0.4, 0.5) is 4.39 Å². The monoisotopic (exact) mass is 305 g/mol. The van der Waals surface area contributed by atoms with Crippen molar-refractivity contribution in [2.75, 3.05) is 0 Å². The fourth-order valence-corrected chi connectivity index (χ4v) is 2.28. The van der Waals surface area contributed by atoms with Crippen LogP contribution in [-0.2, 0) is 0 Å². The number of halogens is 2. The van der Waals surface area contributed by atoms with Gasteiger partial charge in [-0.2, -0.15) is 0 Å². The number of nitrogens with zero attached hydrogens (tertiary/aromatic N) is 2. The summed E-state index contributed by atoms with van der Waals surface area (Å²) in [6.07, 6.45) is 0. The van der Waals surface area contributed by atoms with Crippen LogP contribution in [-0.4, -0.2) is 15.0 Å². The summed E-state index contributed by atoms with van der Waals surface area (Å²) in [5.74, 6) is 0.312. The highest BCUT2D eigenvalue weighted by atomic mass is 79.9. The summed E-state index contributed by atoms with van der Waals surface area (Å²) in [6.45, 7) is 1.91. The molecular weight excluding hydrogens is 297 g/mol. The van der Waals surface area contributed by atoms with Crippen LogP contribution in [0.25, 0.3) is 22.6 Å². The Morgan fingerprint density at radius 2 is 2.00 bits per heavy atom. The largest absolute Gasteiger partial charge is 0.337 e. The van der Waals surface area contributed by atoms with Crippen LogP contribution in [0.5, 0.6) is 0 Å². The van der Waals surface area contributed by atoms with Gasteiger partial charge in [-0.1, -0.05) is 15.9 Å². The Morgan fingerprint density at radius 3 is 2.78 bits per heavy atom. The molecule has 0 unspecified atom stereocenters. The van der Waals surface area contributed by atoms with Crippen LogP contribution >= 0.6 is 15.9 Å². The predicted molar refractivity (Wildman–Crippen MR) is 71.7 cm³/mol. The summed E-state index contributed by atoms with van der Waals surface area (Å²) in [5, 5.41) is 0. The first-order valence-electron chi connectivity index (χ1n) is 5.42. The molecule has 0 atom stereocenters. The Kier molecular flexibility index (Phi) is 2.63. The third-order valence-electron chi connectivity index (χ3n) is 2.62. The Balaban J connectivity index is 2.19. The lowest BCUT2D eigenvalue weighted by Crippen LogP contribution is -1.83. The van der Waals surface area contributed by atoms with Crippen LogP contribution in [0.2, 0.25) is 0 Å². The second-order valence-corrected chi connectivity index (χ2v) is 4.98. The summed E-state index contributed by atoms with van der Waals surface area (Å²) in [7, 11) is 0. The number of fused-ring (bicyclic) bond motifs is 1. The highest BCUT2D eigenvalue weighted by molar-refractivity contribution is 9.10. The van der Waals surface area contributed by atoms with Gasteiger partial charge >= 0.3 is 0 Å². The van der Waals surface area contributed by atoms with E-state index >= 15 is 0 Å². The molecule has 1 aromatic carbocycles. The quantitative estimate of drug-likeness (QED) is 0.742. The molecule has 0 radical (unpaired) electrons. The van der Waals surface area contributed by atoms with Gasteiger partial charge in [0, 0.05) is 15.7 Å². The van der Waals surface area contributed by atoms with E-state index in [4.69, 9.17) is 0 Å². The van der Waals surface area contributed by atoms with Gasteiger partial charge < -0.3 is 4.98 Å². The number of H-pyrrole nitrogens is 1. The van der Waals surface area contributed by atoms with Gasteiger partial charge in [-0.05, 0) is 37.3 Å².